The number of hydrogen-bond donors (Lipinski definition) is 1. The summed E-state index contributed by atoms with van der Waals surface area (Å²) in [5.41, 5.74) is 0. The molecule has 92 valence electrons. The Morgan fingerprint density at radius 3 is 3.06 bits per heavy atom. The smallest absolute Gasteiger partial charge is 0.137 e. The van der Waals surface area contributed by atoms with Crippen LogP contribution in [0.15, 0.2) is 0 Å². The molecular weight excluding hydrogens is 202 g/mol. The highest BCUT2D eigenvalue weighted by Crippen LogP contribution is 2.32. The Morgan fingerprint density at radius 2 is 2.38 bits per heavy atom. The molecule has 1 aliphatic heterocycles. The van der Waals surface area contributed by atoms with Gasteiger partial charge in [-0.15, -0.1) is 0 Å². The van der Waals surface area contributed by atoms with Crippen LogP contribution >= 0.6 is 0 Å². The van der Waals surface area contributed by atoms with Crippen molar-refractivity contribution in [2.24, 2.45) is 11.8 Å². The van der Waals surface area contributed by atoms with Gasteiger partial charge in [-0.2, -0.15) is 0 Å². The first-order valence-corrected chi connectivity index (χ1v) is 6.65. The van der Waals surface area contributed by atoms with Gasteiger partial charge in [-0.3, -0.25) is 4.79 Å². The number of ketones is 1. The minimum absolute atomic E-state index is 0.214. The standard InChI is InChI=1S/C13H23NO2/c1-2-3-10-4-5-13(15)11(8-10)12-9-16-7-6-14-12/h10-12,14H,2-9H2,1H3. The van der Waals surface area contributed by atoms with Crippen LogP contribution in [0.25, 0.3) is 0 Å². The zero-order valence-corrected chi connectivity index (χ0v) is 10.2. The molecule has 3 nitrogen and oxygen atoms in total. The normalized spacial score (nSPS) is 36.3. The van der Waals surface area contributed by atoms with Gasteiger partial charge in [0.15, 0.2) is 0 Å². The fourth-order valence-corrected chi connectivity index (χ4v) is 3.04. The van der Waals surface area contributed by atoms with Crippen LogP contribution < -0.4 is 5.32 Å². The van der Waals surface area contributed by atoms with Gasteiger partial charge >= 0.3 is 0 Å². The molecule has 2 fully saturated rings. The first kappa shape index (κ1) is 12.1. The largest absolute Gasteiger partial charge is 0.378 e. The zero-order chi connectivity index (χ0) is 11.4. The van der Waals surface area contributed by atoms with Gasteiger partial charge in [-0.25, -0.2) is 0 Å². The molecule has 0 amide bonds. The molecule has 1 saturated heterocycles. The molecule has 3 unspecified atom stereocenters. The lowest BCUT2D eigenvalue weighted by Gasteiger charge is -2.35. The van der Waals surface area contributed by atoms with E-state index in [1.807, 2.05) is 0 Å². The summed E-state index contributed by atoms with van der Waals surface area (Å²) in [5.74, 6) is 1.43. The van der Waals surface area contributed by atoms with E-state index in [1.165, 1.54) is 12.8 Å². The van der Waals surface area contributed by atoms with Gasteiger partial charge in [0.1, 0.15) is 5.78 Å². The number of rotatable bonds is 3. The van der Waals surface area contributed by atoms with E-state index in [-0.39, 0.29) is 12.0 Å². The van der Waals surface area contributed by atoms with Crippen LogP contribution in [-0.4, -0.2) is 31.6 Å². The summed E-state index contributed by atoms with van der Waals surface area (Å²) in [5, 5.41) is 3.44. The molecule has 1 saturated carbocycles. The van der Waals surface area contributed by atoms with E-state index in [4.69, 9.17) is 4.74 Å². The van der Waals surface area contributed by atoms with Crippen molar-refractivity contribution in [2.75, 3.05) is 19.8 Å². The van der Waals surface area contributed by atoms with Gasteiger partial charge in [-0.05, 0) is 18.8 Å². The van der Waals surface area contributed by atoms with Crippen LogP contribution in [0.5, 0.6) is 0 Å². The van der Waals surface area contributed by atoms with Gasteiger partial charge < -0.3 is 10.1 Å². The first-order chi connectivity index (χ1) is 7.81. The SMILES string of the molecule is CCCC1CCC(=O)C(C2COCCN2)C1. The topological polar surface area (TPSA) is 38.3 Å². The summed E-state index contributed by atoms with van der Waals surface area (Å²) < 4.78 is 5.46. The maximum absolute atomic E-state index is 11.9. The third kappa shape index (κ3) is 2.83. The van der Waals surface area contributed by atoms with Gasteiger partial charge in [0.05, 0.1) is 13.2 Å². The van der Waals surface area contributed by atoms with E-state index in [1.54, 1.807) is 0 Å². The molecule has 0 spiro atoms. The van der Waals surface area contributed by atoms with Crippen LogP contribution in [0.2, 0.25) is 0 Å². The van der Waals surface area contributed by atoms with E-state index < -0.39 is 0 Å². The van der Waals surface area contributed by atoms with E-state index in [0.29, 0.717) is 5.78 Å². The maximum atomic E-state index is 11.9. The van der Waals surface area contributed by atoms with Crippen molar-refractivity contribution in [1.82, 2.24) is 5.32 Å². The minimum atomic E-state index is 0.214. The molecule has 2 aliphatic rings. The number of carbonyl (C=O) groups excluding carboxylic acids is 1. The fourth-order valence-electron chi connectivity index (χ4n) is 3.04. The lowest BCUT2D eigenvalue weighted by atomic mass is 9.75. The molecule has 16 heavy (non-hydrogen) atoms. The maximum Gasteiger partial charge on any atom is 0.137 e. The molecule has 0 radical (unpaired) electrons. The minimum Gasteiger partial charge on any atom is -0.378 e. The molecule has 0 aromatic heterocycles. The monoisotopic (exact) mass is 225 g/mol. The molecule has 2 rings (SSSR count). The molecule has 1 N–H and O–H groups in total. The van der Waals surface area contributed by atoms with Crippen molar-refractivity contribution in [1.29, 1.82) is 0 Å². The highest BCUT2D eigenvalue weighted by molar-refractivity contribution is 5.82. The molecular formula is C13H23NO2. The van der Waals surface area contributed by atoms with E-state index in [9.17, 15) is 4.79 Å². The molecule has 0 aromatic rings. The van der Waals surface area contributed by atoms with E-state index in [0.717, 1.165) is 44.9 Å². The van der Waals surface area contributed by atoms with Gasteiger partial charge in [-0.1, -0.05) is 19.8 Å². The molecule has 0 bridgehead atoms. The van der Waals surface area contributed by atoms with Crippen LogP contribution in [0, 0.1) is 11.8 Å². The molecule has 3 atom stereocenters. The first-order valence-electron chi connectivity index (χ1n) is 6.65. The highest BCUT2D eigenvalue weighted by atomic mass is 16.5. The highest BCUT2D eigenvalue weighted by Gasteiger charge is 2.34. The Labute approximate surface area is 97.9 Å². The summed E-state index contributed by atoms with van der Waals surface area (Å²) in [6.45, 7) is 4.63. The van der Waals surface area contributed by atoms with Crippen molar-refractivity contribution in [3.05, 3.63) is 0 Å². The molecule has 1 heterocycles. The number of nitrogens with one attached hydrogen (secondary N) is 1. The molecule has 3 heteroatoms. The lowest BCUT2D eigenvalue weighted by Crippen LogP contribution is -2.50. The van der Waals surface area contributed by atoms with Crippen molar-refractivity contribution in [3.63, 3.8) is 0 Å². The second-order valence-corrected chi connectivity index (χ2v) is 5.14. The Kier molecular flexibility index (Phi) is 4.36. The number of ether oxygens (including phenoxy) is 1. The van der Waals surface area contributed by atoms with Crippen LogP contribution in [0.4, 0.5) is 0 Å². The lowest BCUT2D eigenvalue weighted by molar-refractivity contribution is -0.128. The average molecular weight is 225 g/mol. The Morgan fingerprint density at radius 1 is 1.50 bits per heavy atom. The Hall–Kier alpha value is -0.410. The quantitative estimate of drug-likeness (QED) is 0.795. The molecule has 0 aromatic carbocycles. The molecule has 1 aliphatic carbocycles. The van der Waals surface area contributed by atoms with E-state index >= 15 is 0 Å². The van der Waals surface area contributed by atoms with Crippen LogP contribution in [-0.2, 0) is 9.53 Å². The van der Waals surface area contributed by atoms with Crippen molar-refractivity contribution >= 4 is 5.78 Å². The van der Waals surface area contributed by atoms with Crippen molar-refractivity contribution in [2.45, 2.75) is 45.1 Å². The summed E-state index contributed by atoms with van der Waals surface area (Å²) in [6.07, 6.45) is 5.48. The van der Waals surface area contributed by atoms with Gasteiger partial charge in [0, 0.05) is 24.9 Å². The Balaban J connectivity index is 1.91. The van der Waals surface area contributed by atoms with Crippen molar-refractivity contribution < 1.29 is 9.53 Å². The summed E-state index contributed by atoms with van der Waals surface area (Å²) in [6, 6.07) is 0.279. The summed E-state index contributed by atoms with van der Waals surface area (Å²) in [4.78, 5) is 11.9. The van der Waals surface area contributed by atoms with Crippen LogP contribution in [0.1, 0.15) is 39.0 Å². The fraction of sp³-hybridized carbons (Fsp3) is 0.923. The number of morpholine rings is 1. The Bertz CT molecular complexity index is 236. The predicted molar refractivity (Wildman–Crippen MR) is 63.4 cm³/mol. The van der Waals surface area contributed by atoms with Crippen molar-refractivity contribution in [3.8, 4) is 0 Å². The summed E-state index contributed by atoms with van der Waals surface area (Å²) in [7, 11) is 0. The van der Waals surface area contributed by atoms with Gasteiger partial charge in [0.25, 0.3) is 0 Å². The van der Waals surface area contributed by atoms with Gasteiger partial charge in [0.2, 0.25) is 0 Å². The third-order valence-corrected chi connectivity index (χ3v) is 3.93. The second-order valence-electron chi connectivity index (χ2n) is 5.14. The van der Waals surface area contributed by atoms with E-state index in [2.05, 4.69) is 12.2 Å². The van der Waals surface area contributed by atoms with Crippen LogP contribution in [0.3, 0.4) is 0 Å². The second kappa shape index (κ2) is 5.78. The predicted octanol–water partition coefficient (Wildman–Crippen LogP) is 1.76. The number of Topliss-reactive ketones (excluding diaryl/α,β-unsaturated/α-hetero) is 1. The number of hydrogen-bond acceptors (Lipinski definition) is 3. The zero-order valence-electron chi connectivity index (χ0n) is 10.2. The average Bonchev–Trinajstić information content (AvgIpc) is 2.33. The number of carbonyl (C=O) groups is 1. The summed E-state index contributed by atoms with van der Waals surface area (Å²) >= 11 is 0. The third-order valence-electron chi connectivity index (χ3n) is 3.93.